The van der Waals surface area contributed by atoms with E-state index >= 15 is 0 Å². The van der Waals surface area contributed by atoms with Gasteiger partial charge in [0.1, 0.15) is 0 Å². The van der Waals surface area contributed by atoms with E-state index in [-0.39, 0.29) is 29.7 Å². The number of carbonyl (C=O) groups excluding carboxylic acids is 3. The minimum absolute atomic E-state index is 0.0738. The van der Waals surface area contributed by atoms with E-state index in [0.717, 1.165) is 25.0 Å². The highest BCUT2D eigenvalue weighted by Crippen LogP contribution is 2.33. The summed E-state index contributed by atoms with van der Waals surface area (Å²) in [7, 11) is 0. The van der Waals surface area contributed by atoms with Gasteiger partial charge < -0.3 is 20.7 Å². The molecule has 3 rings (SSSR count). The third kappa shape index (κ3) is 4.67. The van der Waals surface area contributed by atoms with E-state index in [1.807, 2.05) is 11.8 Å². The topological polar surface area (TPSA) is 109 Å². The van der Waals surface area contributed by atoms with Crippen LogP contribution in [0.1, 0.15) is 43.1 Å². The second kappa shape index (κ2) is 8.72. The molecule has 0 saturated carbocycles. The summed E-state index contributed by atoms with van der Waals surface area (Å²) in [5.41, 5.74) is 0.215. The number of fused-ring (bicyclic) bond motifs is 1. The molecule has 142 valence electrons. The molecule has 1 aromatic rings. The van der Waals surface area contributed by atoms with E-state index < -0.39 is 5.97 Å². The number of carbonyl (C=O) groups is 3. The summed E-state index contributed by atoms with van der Waals surface area (Å²) in [6, 6.07) is 0.368. The molecule has 0 unspecified atom stereocenters. The number of aromatic nitrogens is 1. The molecule has 0 aliphatic carbocycles. The molecule has 3 N–H and O–H groups in total. The van der Waals surface area contributed by atoms with Gasteiger partial charge in [0.15, 0.2) is 10.8 Å². The van der Waals surface area contributed by atoms with E-state index in [1.165, 1.54) is 11.3 Å². The number of esters is 1. The third-order valence-electron chi connectivity index (χ3n) is 4.32. The molecule has 2 aliphatic heterocycles. The van der Waals surface area contributed by atoms with Crippen molar-refractivity contribution < 1.29 is 19.1 Å². The van der Waals surface area contributed by atoms with Crippen LogP contribution in [0.3, 0.4) is 0 Å². The molecule has 10 heteroatoms. The third-order valence-corrected chi connectivity index (χ3v) is 6.58. The van der Waals surface area contributed by atoms with Crippen molar-refractivity contribution >= 4 is 46.1 Å². The molecule has 0 radical (unpaired) electrons. The number of thioether (sulfide) groups is 1. The Balaban J connectivity index is 1.34. The van der Waals surface area contributed by atoms with Crippen LogP contribution in [0.4, 0.5) is 9.93 Å². The molecule has 1 aromatic heterocycles. The Hall–Kier alpha value is -1.81. The van der Waals surface area contributed by atoms with Crippen LogP contribution < -0.4 is 16.0 Å². The number of hydrogen-bond donors (Lipinski definition) is 3. The van der Waals surface area contributed by atoms with Gasteiger partial charge in [0.2, 0.25) is 5.91 Å². The number of hydrogen-bond acceptors (Lipinski definition) is 7. The van der Waals surface area contributed by atoms with Crippen molar-refractivity contribution in [3.63, 3.8) is 0 Å². The van der Waals surface area contributed by atoms with Gasteiger partial charge in [0.25, 0.3) is 0 Å². The fourth-order valence-electron chi connectivity index (χ4n) is 3.09. The maximum Gasteiger partial charge on any atom is 0.357 e. The molecule has 26 heavy (non-hydrogen) atoms. The first-order valence-electron chi connectivity index (χ1n) is 8.68. The standard InChI is InChI=1S/C16H22N4O4S2/c1-2-24-14(22)10-8-26-16(18-10)19-12(21)6-4-3-5-11-13-9(7-25-11)17-15(23)20-13/h8-9,11,13H,2-7H2,1H3,(H2,17,20,23)(H,18,19,21)/t9-,11-,13-/m0/s1. The maximum atomic E-state index is 12.0. The van der Waals surface area contributed by atoms with Crippen LogP contribution in [0.5, 0.6) is 0 Å². The Morgan fingerprint density at radius 3 is 3.04 bits per heavy atom. The van der Waals surface area contributed by atoms with Crippen LogP contribution in [0, 0.1) is 0 Å². The van der Waals surface area contributed by atoms with Gasteiger partial charge in [0, 0.05) is 22.8 Å². The van der Waals surface area contributed by atoms with Crippen LogP contribution in [0.2, 0.25) is 0 Å². The number of amides is 3. The summed E-state index contributed by atoms with van der Waals surface area (Å²) in [6.07, 6.45) is 3.09. The van der Waals surface area contributed by atoms with E-state index in [2.05, 4.69) is 20.9 Å². The smallest absolute Gasteiger partial charge is 0.357 e. The lowest BCUT2D eigenvalue weighted by atomic mass is 10.0. The first-order valence-corrected chi connectivity index (χ1v) is 10.6. The zero-order valence-corrected chi connectivity index (χ0v) is 16.1. The van der Waals surface area contributed by atoms with Gasteiger partial charge in [-0.15, -0.1) is 11.3 Å². The molecule has 3 heterocycles. The Morgan fingerprint density at radius 1 is 1.38 bits per heavy atom. The number of anilines is 1. The van der Waals surface area contributed by atoms with Crippen molar-refractivity contribution in [1.82, 2.24) is 15.6 Å². The molecular weight excluding hydrogens is 376 g/mol. The second-order valence-corrected chi connectivity index (χ2v) is 8.30. The number of rotatable bonds is 8. The molecular formula is C16H22N4O4S2. The zero-order chi connectivity index (χ0) is 18.5. The second-order valence-electron chi connectivity index (χ2n) is 6.17. The highest BCUT2D eigenvalue weighted by atomic mass is 32.2. The number of thiazole rings is 1. The monoisotopic (exact) mass is 398 g/mol. The summed E-state index contributed by atoms with van der Waals surface area (Å²) < 4.78 is 4.87. The number of ether oxygens (including phenoxy) is 1. The lowest BCUT2D eigenvalue weighted by molar-refractivity contribution is -0.116. The van der Waals surface area contributed by atoms with E-state index in [9.17, 15) is 14.4 Å². The van der Waals surface area contributed by atoms with Crippen LogP contribution in [0.15, 0.2) is 5.38 Å². The SMILES string of the molecule is CCOC(=O)c1csc(NC(=O)CCCC[C@@H]2SC[C@@H]3NC(=O)N[C@@H]32)n1. The summed E-state index contributed by atoms with van der Waals surface area (Å²) in [6.45, 7) is 2.02. The fraction of sp³-hybridized carbons (Fsp3) is 0.625. The van der Waals surface area contributed by atoms with Crippen molar-refractivity contribution in [2.75, 3.05) is 17.7 Å². The van der Waals surface area contributed by atoms with E-state index in [1.54, 1.807) is 12.3 Å². The van der Waals surface area contributed by atoms with Gasteiger partial charge in [0.05, 0.1) is 18.7 Å². The molecule has 8 nitrogen and oxygen atoms in total. The van der Waals surface area contributed by atoms with Crippen LogP contribution in [-0.4, -0.2) is 52.6 Å². The van der Waals surface area contributed by atoms with Crippen LogP contribution in [-0.2, 0) is 9.53 Å². The molecule has 2 aliphatic rings. The Kier molecular flexibility index (Phi) is 6.36. The summed E-state index contributed by atoms with van der Waals surface area (Å²) >= 11 is 3.09. The highest BCUT2D eigenvalue weighted by Gasteiger charge is 2.42. The lowest BCUT2D eigenvalue weighted by Gasteiger charge is -2.16. The van der Waals surface area contributed by atoms with Gasteiger partial charge in [-0.1, -0.05) is 6.42 Å². The van der Waals surface area contributed by atoms with Crippen molar-refractivity contribution in [1.29, 1.82) is 0 Å². The molecule has 3 amide bonds. The van der Waals surface area contributed by atoms with Gasteiger partial charge in [-0.25, -0.2) is 14.6 Å². The number of nitrogens with zero attached hydrogens (tertiary/aromatic N) is 1. The first kappa shape index (κ1) is 19.0. The molecule has 2 saturated heterocycles. The van der Waals surface area contributed by atoms with Crippen LogP contribution in [0.25, 0.3) is 0 Å². The largest absolute Gasteiger partial charge is 0.461 e. The highest BCUT2D eigenvalue weighted by molar-refractivity contribution is 8.00. The zero-order valence-electron chi connectivity index (χ0n) is 14.4. The van der Waals surface area contributed by atoms with Crippen LogP contribution >= 0.6 is 23.1 Å². The van der Waals surface area contributed by atoms with Crippen molar-refractivity contribution in [3.8, 4) is 0 Å². The molecule has 2 fully saturated rings. The molecule has 0 aromatic carbocycles. The fourth-order valence-corrected chi connectivity index (χ4v) is 5.33. The summed E-state index contributed by atoms with van der Waals surface area (Å²) in [5.74, 6) is 0.356. The number of nitrogens with one attached hydrogen (secondary N) is 3. The Bertz CT molecular complexity index is 681. The Labute approximate surface area is 159 Å². The van der Waals surface area contributed by atoms with Gasteiger partial charge in [-0.3, -0.25) is 4.79 Å². The lowest BCUT2D eigenvalue weighted by Crippen LogP contribution is -2.36. The van der Waals surface area contributed by atoms with Crippen molar-refractivity contribution in [3.05, 3.63) is 11.1 Å². The number of urea groups is 1. The normalized spacial score (nSPS) is 23.9. The minimum atomic E-state index is -0.481. The van der Waals surface area contributed by atoms with E-state index in [0.29, 0.717) is 23.4 Å². The van der Waals surface area contributed by atoms with Crippen molar-refractivity contribution in [2.45, 2.75) is 49.9 Å². The summed E-state index contributed by atoms with van der Waals surface area (Å²) in [4.78, 5) is 39.0. The summed E-state index contributed by atoms with van der Waals surface area (Å²) in [5, 5.41) is 11.0. The average Bonchev–Trinajstić information content (AvgIpc) is 3.28. The van der Waals surface area contributed by atoms with E-state index in [4.69, 9.17) is 4.74 Å². The van der Waals surface area contributed by atoms with Crippen molar-refractivity contribution in [2.24, 2.45) is 0 Å². The molecule has 0 bridgehead atoms. The predicted octanol–water partition coefficient (Wildman–Crippen LogP) is 1.98. The predicted molar refractivity (Wildman–Crippen MR) is 101 cm³/mol. The molecule has 3 atom stereocenters. The average molecular weight is 399 g/mol. The maximum absolute atomic E-state index is 12.0. The van der Waals surface area contributed by atoms with Gasteiger partial charge in [-0.2, -0.15) is 11.8 Å². The Morgan fingerprint density at radius 2 is 2.23 bits per heavy atom. The minimum Gasteiger partial charge on any atom is -0.461 e. The first-order chi connectivity index (χ1) is 12.6. The molecule has 0 spiro atoms. The quantitative estimate of drug-likeness (QED) is 0.351. The van der Waals surface area contributed by atoms with Gasteiger partial charge >= 0.3 is 12.0 Å². The number of unbranched alkanes of at least 4 members (excludes halogenated alkanes) is 1. The van der Waals surface area contributed by atoms with Gasteiger partial charge in [-0.05, 0) is 19.8 Å².